The molecule has 0 aliphatic heterocycles. The maximum atomic E-state index is 14.1. The first-order valence-corrected chi connectivity index (χ1v) is 12.5. The van der Waals surface area contributed by atoms with E-state index in [9.17, 15) is 22.0 Å². The first kappa shape index (κ1) is 25.2. The maximum absolute atomic E-state index is 14.1. The van der Waals surface area contributed by atoms with E-state index >= 15 is 0 Å². The minimum atomic E-state index is -4.01. The van der Waals surface area contributed by atoms with Crippen LogP contribution in [0.2, 0.25) is 5.02 Å². The summed E-state index contributed by atoms with van der Waals surface area (Å²) < 4.78 is 71.7. The maximum Gasteiger partial charge on any atom is 0.263 e. The van der Waals surface area contributed by atoms with Crippen LogP contribution in [-0.4, -0.2) is 30.2 Å². The smallest absolute Gasteiger partial charge is 0.263 e. The van der Waals surface area contributed by atoms with E-state index in [2.05, 4.69) is 19.4 Å². The van der Waals surface area contributed by atoms with Gasteiger partial charge in [-0.3, -0.25) is 14.1 Å². The summed E-state index contributed by atoms with van der Waals surface area (Å²) in [5.41, 5.74) is -0.0769. The number of fused-ring (bicyclic) bond motifs is 1. The van der Waals surface area contributed by atoms with Gasteiger partial charge in [0.05, 0.1) is 17.5 Å². The molecule has 5 aromatic rings. The quantitative estimate of drug-likeness (QED) is 0.298. The summed E-state index contributed by atoms with van der Waals surface area (Å²) in [7, 11) is -2.72. The molecule has 0 aliphatic rings. The van der Waals surface area contributed by atoms with Crippen LogP contribution in [0.4, 0.5) is 14.6 Å². The second-order valence-corrected chi connectivity index (χ2v) is 9.79. The molecule has 5 rings (SSSR count). The zero-order chi connectivity index (χ0) is 27.0. The third kappa shape index (κ3) is 4.76. The highest BCUT2D eigenvalue weighted by atomic mass is 35.5. The summed E-state index contributed by atoms with van der Waals surface area (Å²) in [6.07, 6.45) is 1.22. The third-order valence-electron chi connectivity index (χ3n) is 5.28. The molecule has 194 valence electrons. The lowest BCUT2D eigenvalue weighted by molar-refractivity contribution is 0.376. The highest BCUT2D eigenvalue weighted by molar-refractivity contribution is 7.92. The summed E-state index contributed by atoms with van der Waals surface area (Å²) in [6.45, 7) is 0. The van der Waals surface area contributed by atoms with Crippen LogP contribution in [-0.2, 0) is 10.0 Å². The molecule has 0 fully saturated rings. The number of halogens is 3. The van der Waals surface area contributed by atoms with E-state index in [1.807, 2.05) is 0 Å². The van der Waals surface area contributed by atoms with Gasteiger partial charge >= 0.3 is 0 Å². The molecule has 0 bridgehead atoms. The fourth-order valence-corrected chi connectivity index (χ4v) is 4.80. The lowest BCUT2D eigenvalue weighted by Crippen LogP contribution is -2.19. The predicted octanol–water partition coefficient (Wildman–Crippen LogP) is 4.91. The monoisotopic (exact) mass is 560 g/mol. The topological polar surface area (TPSA) is 126 Å². The molecule has 14 heteroatoms. The minimum Gasteiger partial charge on any atom is -0.479 e. The number of hydrogen-bond donors (Lipinski definition) is 1. The second kappa shape index (κ2) is 9.76. The largest absolute Gasteiger partial charge is 0.479 e. The highest BCUT2D eigenvalue weighted by Gasteiger charge is 2.21. The lowest BCUT2D eigenvalue weighted by atomic mass is 10.2. The molecule has 2 aromatic carbocycles. The molecule has 0 saturated carbocycles. The Labute approximate surface area is 218 Å². The van der Waals surface area contributed by atoms with Crippen LogP contribution in [0.25, 0.3) is 16.6 Å². The van der Waals surface area contributed by atoms with Crippen LogP contribution < -0.4 is 19.8 Å². The van der Waals surface area contributed by atoms with Crippen molar-refractivity contribution in [2.45, 2.75) is 4.90 Å². The van der Waals surface area contributed by atoms with E-state index < -0.39 is 27.2 Å². The van der Waals surface area contributed by atoms with Crippen molar-refractivity contribution in [3.05, 3.63) is 93.9 Å². The first-order chi connectivity index (χ1) is 18.2. The van der Waals surface area contributed by atoms with Gasteiger partial charge in [-0.2, -0.15) is 4.98 Å². The van der Waals surface area contributed by atoms with Crippen molar-refractivity contribution in [3.8, 4) is 23.2 Å². The van der Waals surface area contributed by atoms with Crippen molar-refractivity contribution in [1.29, 1.82) is 0 Å². The van der Waals surface area contributed by atoms with Crippen molar-refractivity contribution < 1.29 is 31.2 Å². The Morgan fingerprint density at radius 1 is 1.03 bits per heavy atom. The van der Waals surface area contributed by atoms with Crippen LogP contribution in [0, 0.1) is 11.6 Å². The minimum absolute atomic E-state index is 0.00310. The van der Waals surface area contributed by atoms with Gasteiger partial charge in [0.2, 0.25) is 11.8 Å². The van der Waals surface area contributed by atoms with Crippen LogP contribution in [0.3, 0.4) is 0 Å². The molecule has 10 nitrogen and oxygen atoms in total. The lowest BCUT2D eigenvalue weighted by Gasteiger charge is -2.16. The zero-order valence-corrected chi connectivity index (χ0v) is 20.8. The molecule has 38 heavy (non-hydrogen) atoms. The second-order valence-electron chi connectivity index (χ2n) is 7.70. The van der Waals surface area contributed by atoms with E-state index in [-0.39, 0.29) is 38.9 Å². The van der Waals surface area contributed by atoms with E-state index in [0.717, 1.165) is 12.1 Å². The van der Waals surface area contributed by atoms with Crippen LogP contribution in [0.5, 0.6) is 17.5 Å². The van der Waals surface area contributed by atoms with E-state index in [4.69, 9.17) is 21.1 Å². The van der Waals surface area contributed by atoms with Crippen molar-refractivity contribution in [3.63, 3.8) is 0 Å². The normalized spacial score (nSPS) is 11.5. The Hall–Kier alpha value is -4.49. The Balaban J connectivity index is 1.59. The molecule has 0 saturated heterocycles. The van der Waals surface area contributed by atoms with Gasteiger partial charge in [0, 0.05) is 23.6 Å². The van der Waals surface area contributed by atoms with E-state index in [0.29, 0.717) is 17.0 Å². The first-order valence-electron chi connectivity index (χ1n) is 10.6. The number of nitrogens with zero attached hydrogens (tertiary/aromatic N) is 3. The highest BCUT2D eigenvalue weighted by Crippen LogP contribution is 2.35. The molecule has 3 aromatic heterocycles. The number of benzene rings is 2. The molecular formula is C24H15ClF2N4O6S. The summed E-state index contributed by atoms with van der Waals surface area (Å²) in [5, 5.41) is 3.81. The molecule has 0 radical (unpaired) electrons. The number of ether oxygens (including phenoxy) is 2. The van der Waals surface area contributed by atoms with Crippen molar-refractivity contribution in [2.24, 2.45) is 0 Å². The average molecular weight is 561 g/mol. The average Bonchev–Trinajstić information content (AvgIpc) is 3.38. The SMILES string of the molecule is COc1nc(Oc2ccc(F)cc2F)c(Cl)cc1-n1c(=O)ccc2cc(S(=O)(=O)Nc3ccon3)ccc21. The van der Waals surface area contributed by atoms with Gasteiger partial charge in [-0.25, -0.2) is 17.2 Å². The van der Waals surface area contributed by atoms with Gasteiger partial charge in [0.15, 0.2) is 17.4 Å². The Kier molecular flexibility index (Phi) is 6.46. The Bertz CT molecular complexity index is 1850. The number of methoxy groups -OCH3 is 1. The number of rotatable bonds is 7. The molecule has 0 spiro atoms. The molecule has 3 heterocycles. The Morgan fingerprint density at radius 2 is 1.84 bits per heavy atom. The van der Waals surface area contributed by atoms with Gasteiger partial charge in [-0.05, 0) is 42.5 Å². The Morgan fingerprint density at radius 3 is 2.55 bits per heavy atom. The number of aromatic nitrogens is 3. The number of pyridine rings is 2. The fourth-order valence-electron chi connectivity index (χ4n) is 3.59. The van der Waals surface area contributed by atoms with Gasteiger partial charge < -0.3 is 14.0 Å². The molecule has 0 amide bonds. The molecule has 0 atom stereocenters. The summed E-state index contributed by atoms with van der Waals surface area (Å²) in [6, 6.07) is 12.2. The summed E-state index contributed by atoms with van der Waals surface area (Å²) in [5.74, 6) is -2.44. The standard InChI is InChI=1S/C24H15ClF2N4O6S/c1-35-24-19(12-16(25)23(28-24)37-20-6-3-14(26)11-17(20)27)31-18-5-4-15(10-13(18)2-7-22(31)32)38(33,34)30-21-8-9-36-29-21/h2-12H,1H3,(H,29,30). The van der Waals surface area contributed by atoms with Gasteiger partial charge in [0.25, 0.3) is 15.6 Å². The molecule has 1 N–H and O–H groups in total. The molecular weight excluding hydrogens is 546 g/mol. The number of sulfonamides is 1. The van der Waals surface area contributed by atoms with Crippen molar-refractivity contribution in [2.75, 3.05) is 11.8 Å². The van der Waals surface area contributed by atoms with Gasteiger partial charge in [0.1, 0.15) is 22.8 Å². The van der Waals surface area contributed by atoms with Crippen LogP contribution >= 0.6 is 11.6 Å². The van der Waals surface area contributed by atoms with E-state index in [1.54, 1.807) is 0 Å². The fraction of sp³-hybridized carbons (Fsp3) is 0.0417. The number of anilines is 1. The third-order valence-corrected chi connectivity index (χ3v) is 6.90. The van der Waals surface area contributed by atoms with Gasteiger partial charge in [-0.1, -0.05) is 16.8 Å². The molecule has 0 aliphatic carbocycles. The summed E-state index contributed by atoms with van der Waals surface area (Å²) >= 11 is 6.34. The molecule has 0 unspecified atom stereocenters. The number of hydrogen-bond acceptors (Lipinski definition) is 8. The van der Waals surface area contributed by atoms with Crippen LogP contribution in [0.15, 0.2) is 81.1 Å². The zero-order valence-electron chi connectivity index (χ0n) is 19.2. The van der Waals surface area contributed by atoms with Crippen molar-refractivity contribution >= 4 is 38.3 Å². The summed E-state index contributed by atoms with van der Waals surface area (Å²) in [4.78, 5) is 17.0. The van der Waals surface area contributed by atoms with E-state index in [1.165, 1.54) is 60.4 Å². The van der Waals surface area contributed by atoms with Gasteiger partial charge in [-0.15, -0.1) is 0 Å². The van der Waals surface area contributed by atoms with Crippen LogP contribution in [0.1, 0.15) is 0 Å². The predicted molar refractivity (Wildman–Crippen MR) is 133 cm³/mol. The van der Waals surface area contributed by atoms with Crippen molar-refractivity contribution in [1.82, 2.24) is 14.7 Å². The number of nitrogens with one attached hydrogen (secondary N) is 1.